The minimum atomic E-state index is -0.483. The molecule has 2 N–H and O–H groups in total. The molecule has 166 valence electrons. The van der Waals surface area contributed by atoms with Gasteiger partial charge in [-0.25, -0.2) is 4.79 Å². The number of benzene rings is 1. The van der Waals surface area contributed by atoms with E-state index in [1.165, 1.54) is 19.3 Å². The lowest BCUT2D eigenvalue weighted by atomic mass is 10.0. The molecule has 1 amide bonds. The van der Waals surface area contributed by atoms with Crippen LogP contribution < -0.4 is 10.6 Å². The van der Waals surface area contributed by atoms with Crippen LogP contribution in [0.25, 0.3) is 11.0 Å². The van der Waals surface area contributed by atoms with Crippen LogP contribution in [-0.4, -0.2) is 55.1 Å². The van der Waals surface area contributed by atoms with Gasteiger partial charge in [-0.1, -0.05) is 6.42 Å². The Hall–Kier alpha value is -1.80. The molecule has 4 rings (SSSR count). The van der Waals surface area contributed by atoms with Crippen molar-refractivity contribution in [3.05, 3.63) is 30.0 Å². The van der Waals surface area contributed by atoms with Gasteiger partial charge < -0.3 is 19.8 Å². The fourth-order valence-corrected chi connectivity index (χ4v) is 4.24. The van der Waals surface area contributed by atoms with Crippen molar-refractivity contribution in [2.75, 3.05) is 31.6 Å². The monoisotopic (exact) mass is 457 g/mol. The summed E-state index contributed by atoms with van der Waals surface area (Å²) in [5.74, 6) is -0.326. The Labute approximate surface area is 188 Å². The summed E-state index contributed by atoms with van der Waals surface area (Å²) in [7, 11) is 0. The number of carbonyl (C=O) groups is 2. The van der Waals surface area contributed by atoms with Crippen LogP contribution in [0.1, 0.15) is 43.2 Å². The van der Waals surface area contributed by atoms with Crippen LogP contribution in [0.5, 0.6) is 0 Å². The number of ether oxygens (including phenoxy) is 1. The molecule has 0 unspecified atom stereocenters. The Kier molecular flexibility index (Phi) is 8.97. The number of nitrogens with zero attached hydrogens (tertiary/aromatic N) is 1. The standard InChI is InChI=1S/C21H27N3O4.2ClH/c1-2-27-21(26)18-13-14-12-15(6-7-17(14)28-18)23-20(25)19-16(8-9-22-19)24-10-4-3-5-11-24;;/h6-7,12-13,16,19,22H,2-5,8-11H2,1H3,(H,23,25);2*1H/t16-,19+;;/m1../s1. The van der Waals surface area contributed by atoms with Gasteiger partial charge in [0.15, 0.2) is 0 Å². The van der Waals surface area contributed by atoms with Crippen LogP contribution in [0, 0.1) is 0 Å². The van der Waals surface area contributed by atoms with Gasteiger partial charge in [-0.05, 0) is 70.1 Å². The van der Waals surface area contributed by atoms with Crippen molar-refractivity contribution < 1.29 is 18.7 Å². The second-order valence-corrected chi connectivity index (χ2v) is 7.46. The number of anilines is 1. The van der Waals surface area contributed by atoms with Crippen LogP contribution >= 0.6 is 24.8 Å². The first-order valence-corrected chi connectivity index (χ1v) is 10.1. The summed E-state index contributed by atoms with van der Waals surface area (Å²) >= 11 is 0. The zero-order chi connectivity index (χ0) is 19.5. The fourth-order valence-electron chi connectivity index (χ4n) is 4.24. The van der Waals surface area contributed by atoms with E-state index in [4.69, 9.17) is 9.15 Å². The van der Waals surface area contributed by atoms with Crippen LogP contribution in [0.4, 0.5) is 5.69 Å². The molecule has 7 nitrogen and oxygen atoms in total. The molecule has 2 aromatic rings. The van der Waals surface area contributed by atoms with E-state index < -0.39 is 5.97 Å². The first-order chi connectivity index (χ1) is 13.7. The number of esters is 1. The number of halogens is 2. The van der Waals surface area contributed by atoms with Crippen molar-refractivity contribution in [3.8, 4) is 0 Å². The van der Waals surface area contributed by atoms with Crippen molar-refractivity contribution in [1.82, 2.24) is 10.2 Å². The second-order valence-electron chi connectivity index (χ2n) is 7.46. The quantitative estimate of drug-likeness (QED) is 0.667. The number of fused-ring (bicyclic) bond motifs is 1. The van der Waals surface area contributed by atoms with E-state index in [1.807, 2.05) is 6.07 Å². The number of nitrogens with one attached hydrogen (secondary N) is 2. The third kappa shape index (κ3) is 5.27. The van der Waals surface area contributed by atoms with Crippen molar-refractivity contribution >= 4 is 53.3 Å². The van der Waals surface area contributed by atoms with Crippen LogP contribution in [0.2, 0.25) is 0 Å². The van der Waals surface area contributed by atoms with E-state index in [0.717, 1.165) is 31.4 Å². The number of likely N-dealkylation sites (tertiary alicyclic amines) is 1. The number of hydrogen-bond acceptors (Lipinski definition) is 6. The van der Waals surface area contributed by atoms with Gasteiger partial charge in [0, 0.05) is 17.1 Å². The number of furan rings is 1. The van der Waals surface area contributed by atoms with Crippen LogP contribution in [0.15, 0.2) is 28.7 Å². The lowest BCUT2D eigenvalue weighted by Gasteiger charge is -2.34. The van der Waals surface area contributed by atoms with Crippen molar-refractivity contribution in [1.29, 1.82) is 0 Å². The van der Waals surface area contributed by atoms with Crippen molar-refractivity contribution in [2.45, 2.75) is 44.7 Å². The number of piperidine rings is 1. The van der Waals surface area contributed by atoms with Crippen molar-refractivity contribution in [2.24, 2.45) is 0 Å². The molecule has 0 radical (unpaired) electrons. The third-order valence-electron chi connectivity index (χ3n) is 5.59. The van der Waals surface area contributed by atoms with Gasteiger partial charge in [0.05, 0.1) is 6.61 Å². The van der Waals surface area contributed by atoms with Crippen molar-refractivity contribution in [3.63, 3.8) is 0 Å². The molecule has 0 spiro atoms. The van der Waals surface area contributed by atoms with E-state index in [0.29, 0.717) is 17.9 Å². The smallest absolute Gasteiger partial charge is 0.374 e. The molecule has 2 saturated heterocycles. The van der Waals surface area contributed by atoms with E-state index in [1.54, 1.807) is 25.1 Å². The molecule has 2 fully saturated rings. The third-order valence-corrected chi connectivity index (χ3v) is 5.59. The number of amides is 1. The van der Waals surface area contributed by atoms with Gasteiger partial charge in [-0.3, -0.25) is 9.69 Å². The molecule has 0 saturated carbocycles. The normalized spacial score (nSPS) is 21.5. The summed E-state index contributed by atoms with van der Waals surface area (Å²) in [6.45, 7) is 5.07. The molecular weight excluding hydrogens is 429 g/mol. The average Bonchev–Trinajstić information content (AvgIpc) is 3.36. The molecule has 3 heterocycles. The van der Waals surface area contributed by atoms with Gasteiger partial charge >= 0.3 is 5.97 Å². The highest BCUT2D eigenvalue weighted by Crippen LogP contribution is 2.25. The second kappa shape index (κ2) is 11.0. The predicted octanol–water partition coefficient (Wildman–Crippen LogP) is 3.61. The Bertz CT molecular complexity index is 867. The van der Waals surface area contributed by atoms with E-state index in [-0.39, 0.29) is 48.6 Å². The fraction of sp³-hybridized carbons (Fsp3) is 0.524. The first kappa shape index (κ1) is 24.5. The Morgan fingerprint density at radius 1 is 1.20 bits per heavy atom. The van der Waals surface area contributed by atoms with Gasteiger partial charge in [0.1, 0.15) is 11.6 Å². The molecule has 2 atom stereocenters. The van der Waals surface area contributed by atoms with Crippen LogP contribution in [0.3, 0.4) is 0 Å². The lowest BCUT2D eigenvalue weighted by Crippen LogP contribution is -2.51. The summed E-state index contributed by atoms with van der Waals surface area (Å²) in [6, 6.07) is 7.08. The lowest BCUT2D eigenvalue weighted by molar-refractivity contribution is -0.119. The summed E-state index contributed by atoms with van der Waals surface area (Å²) in [6.07, 6.45) is 4.71. The molecule has 9 heteroatoms. The maximum atomic E-state index is 12.9. The largest absolute Gasteiger partial charge is 0.460 e. The first-order valence-electron chi connectivity index (χ1n) is 10.1. The molecular formula is C21H29Cl2N3O4. The Balaban J connectivity index is 0.00000160. The van der Waals surface area contributed by atoms with E-state index >= 15 is 0 Å². The predicted molar refractivity (Wildman–Crippen MR) is 121 cm³/mol. The van der Waals surface area contributed by atoms with Gasteiger partial charge in [0.25, 0.3) is 0 Å². The topological polar surface area (TPSA) is 83.8 Å². The van der Waals surface area contributed by atoms with Gasteiger partial charge in [0.2, 0.25) is 11.7 Å². The molecule has 2 aliphatic heterocycles. The minimum absolute atomic E-state index is 0. The SMILES string of the molecule is CCOC(=O)c1cc2cc(NC(=O)[C@H]3NCC[C@H]3N3CCCCC3)ccc2o1.Cl.Cl. The molecule has 30 heavy (non-hydrogen) atoms. The summed E-state index contributed by atoms with van der Waals surface area (Å²) in [5.41, 5.74) is 1.28. The molecule has 2 aliphatic rings. The maximum absolute atomic E-state index is 12.9. The van der Waals surface area contributed by atoms with Crippen LogP contribution in [-0.2, 0) is 9.53 Å². The number of rotatable bonds is 5. The highest BCUT2D eigenvalue weighted by molar-refractivity contribution is 5.98. The minimum Gasteiger partial charge on any atom is -0.460 e. The van der Waals surface area contributed by atoms with E-state index in [2.05, 4.69) is 15.5 Å². The summed E-state index contributed by atoms with van der Waals surface area (Å²) in [4.78, 5) is 27.2. The zero-order valence-electron chi connectivity index (χ0n) is 17.0. The highest BCUT2D eigenvalue weighted by Gasteiger charge is 2.37. The maximum Gasteiger partial charge on any atom is 0.374 e. The molecule has 1 aromatic heterocycles. The molecule has 1 aromatic carbocycles. The highest BCUT2D eigenvalue weighted by atomic mass is 35.5. The average molecular weight is 458 g/mol. The summed E-state index contributed by atoms with van der Waals surface area (Å²) in [5, 5.41) is 7.14. The zero-order valence-corrected chi connectivity index (χ0v) is 18.7. The number of carbonyl (C=O) groups excluding carboxylic acids is 2. The van der Waals surface area contributed by atoms with E-state index in [9.17, 15) is 9.59 Å². The Morgan fingerprint density at radius 2 is 1.97 bits per heavy atom. The van der Waals surface area contributed by atoms with Gasteiger partial charge in [-0.2, -0.15) is 0 Å². The molecule has 0 aliphatic carbocycles. The molecule has 0 bridgehead atoms. The summed E-state index contributed by atoms with van der Waals surface area (Å²) < 4.78 is 10.5. The Morgan fingerprint density at radius 3 is 2.70 bits per heavy atom. The van der Waals surface area contributed by atoms with Gasteiger partial charge in [-0.15, -0.1) is 24.8 Å². The number of hydrogen-bond donors (Lipinski definition) is 2.